The molecule has 1 aromatic heterocycles. The minimum Gasteiger partial charge on any atom is -0.465 e. The van der Waals surface area contributed by atoms with E-state index in [1.54, 1.807) is 0 Å². The maximum Gasteiger partial charge on any atom is 0.349 e. The van der Waals surface area contributed by atoms with E-state index in [0.29, 0.717) is 12.8 Å². The van der Waals surface area contributed by atoms with Crippen LogP contribution in [0, 0.1) is 11.8 Å². The van der Waals surface area contributed by atoms with Gasteiger partial charge in [-0.05, 0) is 12.8 Å². The van der Waals surface area contributed by atoms with Gasteiger partial charge in [-0.3, -0.25) is 19.3 Å². The average Bonchev–Trinajstić information content (AvgIpc) is 3.14. The molecule has 1 aliphatic heterocycles. The Morgan fingerprint density at radius 3 is 2.50 bits per heavy atom. The molecule has 0 bridgehead atoms. The van der Waals surface area contributed by atoms with Crippen molar-refractivity contribution >= 4 is 40.2 Å². The summed E-state index contributed by atoms with van der Waals surface area (Å²) in [6, 6.07) is 0. The molecule has 1 N–H and O–H groups in total. The topological polar surface area (TPSA) is 106 Å². The Bertz CT molecular complexity index is 715. The number of nitrogens with zero attached hydrogens (tertiary/aromatic N) is 2. The standard InChI is InChI=1S/C15H15N3O5S/c1-23-14(22)10-6-16-15(24-10)17-11(19)7-18-12(20)8-4-2-3-5-9(8)13(18)21/h2-3,6,8-9H,4-5,7H2,1H3,(H,16,17,19)/t8-,9+. The number of fused-ring (bicyclic) bond motifs is 1. The highest BCUT2D eigenvalue weighted by Gasteiger charge is 2.47. The van der Waals surface area contributed by atoms with Gasteiger partial charge in [-0.15, -0.1) is 0 Å². The molecule has 9 heteroatoms. The first-order chi connectivity index (χ1) is 11.5. The summed E-state index contributed by atoms with van der Waals surface area (Å²) in [5, 5.41) is 2.70. The molecule has 2 atom stereocenters. The Labute approximate surface area is 141 Å². The van der Waals surface area contributed by atoms with Gasteiger partial charge in [-0.1, -0.05) is 23.5 Å². The zero-order valence-corrected chi connectivity index (χ0v) is 13.7. The summed E-state index contributed by atoms with van der Waals surface area (Å²) in [7, 11) is 1.25. The monoisotopic (exact) mass is 349 g/mol. The van der Waals surface area contributed by atoms with Crippen LogP contribution in [-0.2, 0) is 19.1 Å². The van der Waals surface area contributed by atoms with Gasteiger partial charge in [0.1, 0.15) is 11.4 Å². The summed E-state index contributed by atoms with van der Waals surface area (Å²) in [6.45, 7) is -0.349. The normalized spacial score (nSPS) is 22.5. The number of allylic oxidation sites excluding steroid dienone is 2. The molecule has 2 heterocycles. The van der Waals surface area contributed by atoms with E-state index in [0.717, 1.165) is 16.2 Å². The van der Waals surface area contributed by atoms with E-state index in [9.17, 15) is 19.2 Å². The predicted octanol–water partition coefficient (Wildman–Crippen LogP) is 0.819. The van der Waals surface area contributed by atoms with Crippen molar-refractivity contribution in [2.24, 2.45) is 11.8 Å². The van der Waals surface area contributed by atoms with Gasteiger partial charge in [0.15, 0.2) is 5.13 Å². The van der Waals surface area contributed by atoms with Crippen LogP contribution in [-0.4, -0.2) is 47.2 Å². The quantitative estimate of drug-likeness (QED) is 0.490. The Morgan fingerprint density at radius 2 is 1.92 bits per heavy atom. The van der Waals surface area contributed by atoms with E-state index in [-0.39, 0.29) is 40.2 Å². The van der Waals surface area contributed by atoms with Crippen LogP contribution in [0.1, 0.15) is 22.5 Å². The lowest BCUT2D eigenvalue weighted by atomic mass is 9.85. The first-order valence-electron chi connectivity index (χ1n) is 7.35. The molecule has 1 aliphatic carbocycles. The van der Waals surface area contributed by atoms with Crippen molar-refractivity contribution in [1.29, 1.82) is 0 Å². The fraction of sp³-hybridized carbons (Fsp3) is 0.400. The number of imide groups is 1. The molecule has 0 saturated carbocycles. The molecule has 8 nitrogen and oxygen atoms in total. The van der Waals surface area contributed by atoms with Gasteiger partial charge < -0.3 is 10.1 Å². The van der Waals surface area contributed by atoms with E-state index < -0.39 is 11.9 Å². The van der Waals surface area contributed by atoms with Crippen molar-refractivity contribution in [3.63, 3.8) is 0 Å². The van der Waals surface area contributed by atoms with E-state index in [1.165, 1.54) is 13.3 Å². The number of thiazole rings is 1. The van der Waals surface area contributed by atoms with Crippen molar-refractivity contribution in [3.05, 3.63) is 23.2 Å². The Morgan fingerprint density at radius 1 is 1.29 bits per heavy atom. The van der Waals surface area contributed by atoms with Gasteiger partial charge in [0.25, 0.3) is 0 Å². The summed E-state index contributed by atoms with van der Waals surface area (Å²) < 4.78 is 4.56. The predicted molar refractivity (Wildman–Crippen MR) is 84.2 cm³/mol. The number of anilines is 1. The lowest BCUT2D eigenvalue weighted by molar-refractivity contribution is -0.142. The van der Waals surface area contributed by atoms with Crippen LogP contribution in [0.5, 0.6) is 0 Å². The van der Waals surface area contributed by atoms with Crippen LogP contribution in [0.4, 0.5) is 5.13 Å². The lowest BCUT2D eigenvalue weighted by Gasteiger charge is -2.14. The maximum atomic E-state index is 12.3. The molecule has 3 amide bonds. The molecule has 0 unspecified atom stereocenters. The molecule has 0 aromatic carbocycles. The second-order valence-electron chi connectivity index (χ2n) is 5.49. The number of ether oxygens (including phenoxy) is 1. The molecule has 1 fully saturated rings. The zero-order valence-electron chi connectivity index (χ0n) is 12.9. The first kappa shape index (κ1) is 16.3. The van der Waals surface area contributed by atoms with Crippen LogP contribution in [0.25, 0.3) is 0 Å². The molecular weight excluding hydrogens is 334 g/mol. The highest BCUT2D eigenvalue weighted by molar-refractivity contribution is 7.17. The number of rotatable bonds is 4. The van der Waals surface area contributed by atoms with Crippen molar-refractivity contribution in [3.8, 4) is 0 Å². The molecule has 2 aliphatic rings. The van der Waals surface area contributed by atoms with Gasteiger partial charge in [-0.25, -0.2) is 9.78 Å². The molecular formula is C15H15N3O5S. The highest BCUT2D eigenvalue weighted by atomic mass is 32.1. The Balaban J connectivity index is 1.63. The smallest absolute Gasteiger partial charge is 0.349 e. The van der Waals surface area contributed by atoms with E-state index in [2.05, 4.69) is 15.0 Å². The van der Waals surface area contributed by atoms with Crippen molar-refractivity contribution in [2.45, 2.75) is 12.8 Å². The fourth-order valence-electron chi connectivity index (χ4n) is 2.85. The van der Waals surface area contributed by atoms with Crippen LogP contribution in [0.15, 0.2) is 18.3 Å². The molecule has 0 spiro atoms. The van der Waals surface area contributed by atoms with Crippen LogP contribution >= 0.6 is 11.3 Å². The van der Waals surface area contributed by atoms with Crippen LogP contribution < -0.4 is 5.32 Å². The third-order valence-electron chi connectivity index (χ3n) is 4.04. The highest BCUT2D eigenvalue weighted by Crippen LogP contribution is 2.34. The summed E-state index contributed by atoms with van der Waals surface area (Å²) in [5.41, 5.74) is 0. The lowest BCUT2D eigenvalue weighted by Crippen LogP contribution is -2.38. The number of aromatic nitrogens is 1. The van der Waals surface area contributed by atoms with Crippen LogP contribution in [0.2, 0.25) is 0 Å². The average molecular weight is 349 g/mol. The fourth-order valence-corrected chi connectivity index (χ4v) is 3.60. The van der Waals surface area contributed by atoms with Gasteiger partial charge in [0, 0.05) is 0 Å². The number of nitrogens with one attached hydrogen (secondary N) is 1. The number of methoxy groups -OCH3 is 1. The van der Waals surface area contributed by atoms with Gasteiger partial charge in [-0.2, -0.15) is 0 Å². The number of carbonyl (C=O) groups excluding carboxylic acids is 4. The summed E-state index contributed by atoms with van der Waals surface area (Å²) in [5.74, 6) is -2.41. The molecule has 126 valence electrons. The summed E-state index contributed by atoms with van der Waals surface area (Å²) >= 11 is 0.958. The van der Waals surface area contributed by atoms with E-state index in [1.807, 2.05) is 12.2 Å². The van der Waals surface area contributed by atoms with Crippen molar-refractivity contribution in [1.82, 2.24) is 9.88 Å². The van der Waals surface area contributed by atoms with E-state index in [4.69, 9.17) is 0 Å². The number of hydrogen-bond acceptors (Lipinski definition) is 7. The zero-order chi connectivity index (χ0) is 17.3. The SMILES string of the molecule is COC(=O)c1cnc(NC(=O)CN2C(=O)[C@H]3CC=CC[C@H]3C2=O)s1. The molecule has 24 heavy (non-hydrogen) atoms. The molecule has 1 aromatic rings. The number of likely N-dealkylation sites (tertiary alicyclic amines) is 1. The van der Waals surface area contributed by atoms with Gasteiger partial charge >= 0.3 is 5.97 Å². The number of carbonyl (C=O) groups is 4. The van der Waals surface area contributed by atoms with E-state index >= 15 is 0 Å². The maximum absolute atomic E-state index is 12.3. The first-order valence-corrected chi connectivity index (χ1v) is 8.17. The minimum atomic E-state index is -0.547. The Kier molecular flexibility index (Phi) is 4.43. The summed E-state index contributed by atoms with van der Waals surface area (Å²) in [6.07, 6.45) is 6.13. The van der Waals surface area contributed by atoms with Gasteiger partial charge in [0.2, 0.25) is 17.7 Å². The van der Waals surface area contributed by atoms with Crippen molar-refractivity contribution in [2.75, 3.05) is 19.0 Å². The molecule has 3 rings (SSSR count). The Hall–Kier alpha value is -2.55. The van der Waals surface area contributed by atoms with Crippen LogP contribution in [0.3, 0.4) is 0 Å². The number of amides is 3. The summed E-state index contributed by atoms with van der Waals surface area (Å²) in [4.78, 5) is 53.2. The molecule has 1 saturated heterocycles. The second kappa shape index (κ2) is 6.52. The second-order valence-corrected chi connectivity index (χ2v) is 6.52. The third-order valence-corrected chi connectivity index (χ3v) is 4.93. The van der Waals surface area contributed by atoms with Gasteiger partial charge in [0.05, 0.1) is 25.1 Å². The minimum absolute atomic E-state index is 0.207. The molecule has 0 radical (unpaired) electrons. The third kappa shape index (κ3) is 2.94. The number of esters is 1. The van der Waals surface area contributed by atoms with Crippen molar-refractivity contribution < 1.29 is 23.9 Å². The number of hydrogen-bond donors (Lipinski definition) is 1. The largest absolute Gasteiger partial charge is 0.465 e.